The van der Waals surface area contributed by atoms with Gasteiger partial charge in [0.05, 0.1) is 0 Å². The normalized spacial score (nSPS) is 9.79. The maximum absolute atomic E-state index is 9.29. The van der Waals surface area contributed by atoms with Gasteiger partial charge in [0.25, 0.3) is 0 Å². The van der Waals surface area contributed by atoms with Gasteiger partial charge in [-0.05, 0) is 0 Å². The van der Waals surface area contributed by atoms with Crippen LogP contribution in [0.25, 0.3) is 0 Å². The molecule has 0 aromatic rings. The van der Waals surface area contributed by atoms with Crippen LogP contribution >= 0.6 is 5.69 Å². The van der Waals surface area contributed by atoms with Crippen LogP contribution in [0, 0.1) is 6.42 Å². The predicted octanol–water partition coefficient (Wildman–Crippen LogP) is 1.66. The standard InChI is InChI=1S/C8H17.Mo.H3O2PS2/c1-3-5-7-8-6-4-2;;1-3(2,4)5/h5H,3-4,6-8H2,1-2H3;;(H3,1,2,4,5)/q-1;+4;/p-3. The zero-order valence-corrected chi connectivity index (χ0v) is 13.1. The van der Waals surface area contributed by atoms with Crippen LogP contribution < -0.4 is 9.79 Å². The largest absolute Gasteiger partial charge is 4.00 e. The molecule has 6 heteroatoms. The quantitative estimate of drug-likeness (QED) is 0.252. The summed E-state index contributed by atoms with van der Waals surface area (Å²) < 4.78 is 0. The van der Waals surface area contributed by atoms with Crippen molar-refractivity contribution in [3.63, 3.8) is 0 Å². The molecule has 0 aliphatic carbocycles. The van der Waals surface area contributed by atoms with Crippen molar-refractivity contribution in [1.82, 2.24) is 0 Å². The molecule has 0 aromatic carbocycles. The van der Waals surface area contributed by atoms with E-state index in [4.69, 9.17) is 0 Å². The van der Waals surface area contributed by atoms with Gasteiger partial charge in [-0.2, -0.15) is 24.6 Å². The number of hydrogen-bond acceptors (Lipinski definition) is 4. The molecular weight excluding hydrogens is 319 g/mol. The van der Waals surface area contributed by atoms with Crippen LogP contribution in [0.2, 0.25) is 0 Å². The van der Waals surface area contributed by atoms with Crippen molar-refractivity contribution in [3.8, 4) is 0 Å². The summed E-state index contributed by atoms with van der Waals surface area (Å²) in [6.07, 6.45) is 9.06. The molecule has 0 bridgehead atoms. The fourth-order valence-corrected chi connectivity index (χ4v) is 0.743. The molecular formula is C8H17MoO2PS2. The van der Waals surface area contributed by atoms with Gasteiger partial charge in [-0.15, -0.1) is 0 Å². The van der Waals surface area contributed by atoms with Gasteiger partial charge in [0.1, 0.15) is 0 Å². The minimum Gasteiger partial charge on any atom is -0.850 e. The smallest absolute Gasteiger partial charge is 0.850 e. The van der Waals surface area contributed by atoms with Gasteiger partial charge in [0, 0.05) is 0 Å². The molecule has 0 aliphatic heterocycles. The first-order chi connectivity index (χ1) is 5.91. The Balaban J connectivity index is -0.000000177. The van der Waals surface area contributed by atoms with Gasteiger partial charge in [-0.25, -0.2) is 0 Å². The monoisotopic (exact) mass is 338 g/mol. The van der Waals surface area contributed by atoms with Crippen molar-refractivity contribution in [2.45, 2.75) is 46.0 Å². The summed E-state index contributed by atoms with van der Waals surface area (Å²) in [4.78, 5) is 18.6. The molecule has 0 heterocycles. The second-order valence-electron chi connectivity index (χ2n) is 2.64. The Bertz CT molecular complexity index is 127. The summed E-state index contributed by atoms with van der Waals surface area (Å²) >= 11 is 7.28. The minimum atomic E-state index is -3.72. The summed E-state index contributed by atoms with van der Waals surface area (Å²) in [6, 6.07) is 0. The van der Waals surface area contributed by atoms with E-state index in [-0.39, 0.29) is 21.1 Å². The number of rotatable bonds is 5. The van der Waals surface area contributed by atoms with E-state index in [1.807, 2.05) is 0 Å². The molecule has 2 nitrogen and oxygen atoms in total. The molecule has 0 aliphatic rings. The zero-order chi connectivity index (χ0) is 10.7. The van der Waals surface area contributed by atoms with Crippen LogP contribution in [0.15, 0.2) is 0 Å². The Morgan fingerprint density at radius 3 is 2.00 bits per heavy atom. The molecule has 0 saturated carbocycles. The SMILES string of the molecule is CC[CH-]CCCCC.[Mo+4].[O-]P([O-])(=S)[S-]. The van der Waals surface area contributed by atoms with Gasteiger partial charge in [-0.1, -0.05) is 33.1 Å². The first-order valence-corrected chi connectivity index (χ1v) is 8.11. The van der Waals surface area contributed by atoms with Crippen molar-refractivity contribution >= 4 is 29.7 Å². The van der Waals surface area contributed by atoms with Crippen LogP contribution in [0.1, 0.15) is 46.0 Å². The van der Waals surface area contributed by atoms with E-state index in [1.165, 1.54) is 32.1 Å². The van der Waals surface area contributed by atoms with E-state index in [0.717, 1.165) is 0 Å². The Kier molecular flexibility index (Phi) is 21.9. The molecule has 0 aromatic heterocycles. The van der Waals surface area contributed by atoms with E-state index in [0.29, 0.717) is 0 Å². The van der Waals surface area contributed by atoms with Gasteiger partial charge in [0.15, 0.2) is 0 Å². The Morgan fingerprint density at radius 2 is 1.71 bits per heavy atom. The van der Waals surface area contributed by atoms with Crippen LogP contribution in [0.3, 0.4) is 0 Å². The van der Waals surface area contributed by atoms with Gasteiger partial charge >= 0.3 is 21.1 Å². The zero-order valence-electron chi connectivity index (χ0n) is 8.60. The van der Waals surface area contributed by atoms with Crippen molar-refractivity contribution in [3.05, 3.63) is 6.42 Å². The fraction of sp³-hybridized carbons (Fsp3) is 0.875. The second-order valence-corrected chi connectivity index (χ2v) is 7.11. The van der Waals surface area contributed by atoms with E-state index in [2.05, 4.69) is 44.3 Å². The first kappa shape index (κ1) is 21.0. The third kappa shape index (κ3) is 49.5. The molecule has 0 unspecified atom stereocenters. The Morgan fingerprint density at radius 1 is 1.29 bits per heavy atom. The number of unbranched alkanes of at least 4 members (excludes halogenated alkanes) is 5. The third-order valence-corrected chi connectivity index (χ3v) is 1.30. The molecule has 84 valence electrons. The van der Waals surface area contributed by atoms with Gasteiger partial charge in [0.2, 0.25) is 0 Å². The summed E-state index contributed by atoms with van der Waals surface area (Å²) in [5.74, 6) is 0. The molecule has 0 radical (unpaired) electrons. The van der Waals surface area contributed by atoms with Crippen LogP contribution in [0.4, 0.5) is 0 Å². The van der Waals surface area contributed by atoms with E-state index >= 15 is 0 Å². The maximum atomic E-state index is 9.29. The van der Waals surface area contributed by atoms with E-state index in [9.17, 15) is 9.79 Å². The van der Waals surface area contributed by atoms with Crippen molar-refractivity contribution < 1.29 is 30.9 Å². The molecule has 0 N–H and O–H groups in total. The third-order valence-electron chi connectivity index (χ3n) is 1.30. The molecule has 0 saturated heterocycles. The summed E-state index contributed by atoms with van der Waals surface area (Å²) in [7, 11) is 0. The van der Waals surface area contributed by atoms with Crippen LogP contribution in [-0.2, 0) is 45.1 Å². The summed E-state index contributed by atoms with van der Waals surface area (Å²) in [6.45, 7) is 4.44. The molecule has 0 atom stereocenters. The topological polar surface area (TPSA) is 46.1 Å². The molecule has 0 amide bonds. The van der Waals surface area contributed by atoms with Crippen LogP contribution in [-0.4, -0.2) is 0 Å². The minimum absolute atomic E-state index is 0. The Hall–Kier alpha value is 1.61. The Labute approximate surface area is 112 Å². The maximum Gasteiger partial charge on any atom is 4.00 e. The number of hydrogen-bond donors (Lipinski definition) is 0. The average molecular weight is 336 g/mol. The molecule has 0 rings (SSSR count). The van der Waals surface area contributed by atoms with Crippen LogP contribution in [0.5, 0.6) is 0 Å². The average Bonchev–Trinajstić information content (AvgIpc) is 1.95. The van der Waals surface area contributed by atoms with Gasteiger partial charge < -0.3 is 34.1 Å². The van der Waals surface area contributed by atoms with Crippen molar-refractivity contribution in [2.24, 2.45) is 0 Å². The summed E-state index contributed by atoms with van der Waals surface area (Å²) in [5.41, 5.74) is -3.72. The van der Waals surface area contributed by atoms with E-state index in [1.54, 1.807) is 0 Å². The molecule has 0 fully saturated rings. The van der Waals surface area contributed by atoms with E-state index < -0.39 is 5.69 Å². The first-order valence-electron chi connectivity index (χ1n) is 4.46. The fourth-order valence-electron chi connectivity index (χ4n) is 0.743. The van der Waals surface area contributed by atoms with Crippen molar-refractivity contribution in [2.75, 3.05) is 0 Å². The summed E-state index contributed by atoms with van der Waals surface area (Å²) in [5, 5.41) is 0. The predicted molar refractivity (Wildman–Crippen MR) is 60.4 cm³/mol. The molecule has 0 spiro atoms. The van der Waals surface area contributed by atoms with Crippen molar-refractivity contribution in [1.29, 1.82) is 0 Å². The molecule has 14 heavy (non-hydrogen) atoms. The second kappa shape index (κ2) is 14.6. The van der Waals surface area contributed by atoms with Gasteiger partial charge in [-0.3, -0.25) is 0 Å².